The van der Waals surface area contributed by atoms with Gasteiger partial charge in [0.05, 0.1) is 12.2 Å². The molecule has 22 heavy (non-hydrogen) atoms. The average molecular weight is 309 g/mol. The van der Waals surface area contributed by atoms with Gasteiger partial charge in [0, 0.05) is 35.9 Å². The highest BCUT2D eigenvalue weighted by molar-refractivity contribution is 7.13. The van der Waals surface area contributed by atoms with Gasteiger partial charge in [-0.25, -0.2) is 15.0 Å². The van der Waals surface area contributed by atoms with E-state index in [9.17, 15) is 0 Å². The van der Waals surface area contributed by atoms with Crippen molar-refractivity contribution in [2.45, 2.75) is 19.9 Å². The summed E-state index contributed by atoms with van der Waals surface area (Å²) in [6.45, 7) is 2.87. The van der Waals surface area contributed by atoms with E-state index in [1.165, 1.54) is 5.69 Å². The molecule has 0 N–H and O–H groups in total. The van der Waals surface area contributed by atoms with Crippen LogP contribution in [0.15, 0.2) is 48.4 Å². The highest BCUT2D eigenvalue weighted by Gasteiger charge is 2.14. The second-order valence-electron chi connectivity index (χ2n) is 5.00. The van der Waals surface area contributed by atoms with E-state index in [4.69, 9.17) is 4.98 Å². The lowest BCUT2D eigenvalue weighted by Gasteiger charge is -2.06. The maximum Gasteiger partial charge on any atom is 0.169 e. The van der Waals surface area contributed by atoms with Crippen LogP contribution < -0.4 is 0 Å². The van der Waals surface area contributed by atoms with Crippen LogP contribution in [-0.4, -0.2) is 23.9 Å². The second kappa shape index (κ2) is 5.38. The molecule has 0 unspecified atom stereocenters. The summed E-state index contributed by atoms with van der Waals surface area (Å²) in [5.41, 5.74) is 3.32. The van der Waals surface area contributed by atoms with Gasteiger partial charge in [0.15, 0.2) is 10.8 Å². The predicted octanol–water partition coefficient (Wildman–Crippen LogP) is 3.27. The fraction of sp³-hybridized carbons (Fsp3) is 0.188. The van der Waals surface area contributed by atoms with Crippen LogP contribution in [0.25, 0.3) is 16.5 Å². The number of rotatable bonds is 4. The SMILES string of the molecule is CCc1c(Cn2ccnc2-c2nccs2)nc2ccccn12. The zero-order chi connectivity index (χ0) is 14.9. The van der Waals surface area contributed by atoms with Crippen LogP contribution in [0.2, 0.25) is 0 Å². The number of hydrogen-bond acceptors (Lipinski definition) is 4. The summed E-state index contributed by atoms with van der Waals surface area (Å²) in [5.74, 6) is 0.897. The summed E-state index contributed by atoms with van der Waals surface area (Å²) in [4.78, 5) is 13.6. The zero-order valence-corrected chi connectivity index (χ0v) is 13.0. The van der Waals surface area contributed by atoms with Crippen LogP contribution in [0, 0.1) is 0 Å². The molecule has 0 spiro atoms. The highest BCUT2D eigenvalue weighted by atomic mass is 32.1. The number of nitrogens with zero attached hydrogens (tertiary/aromatic N) is 5. The Hall–Kier alpha value is -2.47. The monoisotopic (exact) mass is 309 g/mol. The largest absolute Gasteiger partial charge is 0.323 e. The van der Waals surface area contributed by atoms with E-state index in [0.717, 1.165) is 28.6 Å². The first-order valence-electron chi connectivity index (χ1n) is 7.22. The van der Waals surface area contributed by atoms with Crippen molar-refractivity contribution in [3.63, 3.8) is 0 Å². The van der Waals surface area contributed by atoms with E-state index in [1.54, 1.807) is 17.5 Å². The molecule has 0 radical (unpaired) electrons. The molecule has 5 nitrogen and oxygen atoms in total. The van der Waals surface area contributed by atoms with Crippen LogP contribution in [0.4, 0.5) is 0 Å². The van der Waals surface area contributed by atoms with Crippen molar-refractivity contribution < 1.29 is 0 Å². The van der Waals surface area contributed by atoms with Gasteiger partial charge in [-0.15, -0.1) is 11.3 Å². The van der Waals surface area contributed by atoms with E-state index in [1.807, 2.05) is 36.0 Å². The molecule has 0 saturated heterocycles. The lowest BCUT2D eigenvalue weighted by molar-refractivity contribution is 0.772. The number of fused-ring (bicyclic) bond motifs is 1. The lowest BCUT2D eigenvalue weighted by atomic mass is 10.2. The van der Waals surface area contributed by atoms with Crippen LogP contribution in [0.3, 0.4) is 0 Å². The summed E-state index contributed by atoms with van der Waals surface area (Å²) in [7, 11) is 0. The number of imidazole rings is 2. The molecule has 0 aromatic carbocycles. The van der Waals surface area contributed by atoms with Gasteiger partial charge in [0.2, 0.25) is 0 Å². The molecule has 6 heteroatoms. The van der Waals surface area contributed by atoms with Crippen LogP contribution in [0.1, 0.15) is 18.3 Å². The third-order valence-corrected chi connectivity index (χ3v) is 4.47. The number of thiazole rings is 1. The van der Waals surface area contributed by atoms with E-state index in [0.29, 0.717) is 6.54 Å². The molecule has 0 amide bonds. The van der Waals surface area contributed by atoms with Crippen molar-refractivity contribution in [3.8, 4) is 10.8 Å². The average Bonchev–Trinajstić information content (AvgIpc) is 3.26. The van der Waals surface area contributed by atoms with Crippen molar-refractivity contribution >= 4 is 17.0 Å². The minimum atomic E-state index is 0.708. The van der Waals surface area contributed by atoms with Crippen molar-refractivity contribution in [3.05, 3.63) is 59.8 Å². The van der Waals surface area contributed by atoms with Gasteiger partial charge in [-0.2, -0.15) is 0 Å². The molecule has 0 fully saturated rings. The number of hydrogen-bond donors (Lipinski definition) is 0. The Morgan fingerprint density at radius 3 is 2.91 bits per heavy atom. The summed E-state index contributed by atoms with van der Waals surface area (Å²) in [6, 6.07) is 6.10. The van der Waals surface area contributed by atoms with Gasteiger partial charge < -0.3 is 8.97 Å². The maximum atomic E-state index is 4.78. The molecule has 4 aromatic rings. The fourth-order valence-corrected chi connectivity index (χ4v) is 3.37. The minimum Gasteiger partial charge on any atom is -0.323 e. The third kappa shape index (κ3) is 2.12. The first-order chi connectivity index (χ1) is 10.9. The van der Waals surface area contributed by atoms with Crippen molar-refractivity contribution in [1.29, 1.82) is 0 Å². The molecule has 4 rings (SSSR count). The zero-order valence-electron chi connectivity index (χ0n) is 12.2. The summed E-state index contributed by atoms with van der Waals surface area (Å²) < 4.78 is 4.27. The van der Waals surface area contributed by atoms with Gasteiger partial charge in [-0.1, -0.05) is 13.0 Å². The Morgan fingerprint density at radius 2 is 2.09 bits per heavy atom. The molecular weight excluding hydrogens is 294 g/mol. The predicted molar refractivity (Wildman–Crippen MR) is 87.0 cm³/mol. The summed E-state index contributed by atoms with van der Waals surface area (Å²) in [6.07, 6.45) is 8.63. The Balaban J connectivity index is 1.77. The van der Waals surface area contributed by atoms with Gasteiger partial charge >= 0.3 is 0 Å². The molecule has 110 valence electrons. The van der Waals surface area contributed by atoms with Crippen LogP contribution >= 0.6 is 11.3 Å². The number of aryl methyl sites for hydroxylation is 1. The maximum absolute atomic E-state index is 4.78. The molecule has 0 aliphatic heterocycles. The van der Waals surface area contributed by atoms with Crippen molar-refractivity contribution in [2.75, 3.05) is 0 Å². The normalized spacial score (nSPS) is 11.3. The topological polar surface area (TPSA) is 48.0 Å². The van der Waals surface area contributed by atoms with Gasteiger partial charge in [0.25, 0.3) is 0 Å². The fourth-order valence-electron chi connectivity index (χ4n) is 2.73. The molecule has 4 aromatic heterocycles. The first kappa shape index (κ1) is 13.2. The Kier molecular flexibility index (Phi) is 3.23. The Morgan fingerprint density at radius 1 is 1.14 bits per heavy atom. The van der Waals surface area contributed by atoms with Gasteiger partial charge in [-0.05, 0) is 18.6 Å². The third-order valence-electron chi connectivity index (χ3n) is 3.71. The van der Waals surface area contributed by atoms with E-state index in [2.05, 4.69) is 32.1 Å². The quantitative estimate of drug-likeness (QED) is 0.581. The van der Waals surface area contributed by atoms with Crippen LogP contribution in [0.5, 0.6) is 0 Å². The van der Waals surface area contributed by atoms with Crippen LogP contribution in [-0.2, 0) is 13.0 Å². The van der Waals surface area contributed by atoms with E-state index >= 15 is 0 Å². The van der Waals surface area contributed by atoms with Crippen molar-refractivity contribution in [2.24, 2.45) is 0 Å². The molecule has 0 aliphatic carbocycles. The molecule has 0 bridgehead atoms. The number of pyridine rings is 1. The van der Waals surface area contributed by atoms with Crippen molar-refractivity contribution in [1.82, 2.24) is 23.9 Å². The molecule has 0 atom stereocenters. The van der Waals surface area contributed by atoms with Gasteiger partial charge in [-0.3, -0.25) is 0 Å². The summed E-state index contributed by atoms with van der Waals surface area (Å²) in [5, 5.41) is 2.91. The molecule has 0 saturated carbocycles. The highest BCUT2D eigenvalue weighted by Crippen LogP contribution is 2.22. The van der Waals surface area contributed by atoms with Gasteiger partial charge in [0.1, 0.15) is 5.65 Å². The second-order valence-corrected chi connectivity index (χ2v) is 5.90. The lowest BCUT2D eigenvalue weighted by Crippen LogP contribution is -2.04. The Labute approximate surface area is 131 Å². The molecule has 0 aliphatic rings. The first-order valence-corrected chi connectivity index (χ1v) is 8.10. The Bertz CT molecular complexity index is 904. The molecular formula is C16H15N5S. The molecule has 4 heterocycles. The smallest absolute Gasteiger partial charge is 0.169 e. The summed E-state index contributed by atoms with van der Waals surface area (Å²) >= 11 is 1.60. The van der Waals surface area contributed by atoms with E-state index < -0.39 is 0 Å². The number of aromatic nitrogens is 5. The van der Waals surface area contributed by atoms with E-state index in [-0.39, 0.29) is 0 Å². The minimum absolute atomic E-state index is 0.708. The standard InChI is InChI=1S/C16H15N5S/c1-2-13-12(19-14-5-3-4-8-21(13)14)11-20-9-6-17-15(20)16-18-7-10-22-16/h3-10H,2,11H2,1H3.